The van der Waals surface area contributed by atoms with Crippen molar-refractivity contribution in [3.05, 3.63) is 17.1 Å². The van der Waals surface area contributed by atoms with E-state index in [4.69, 9.17) is 10.8 Å². The fraction of sp³-hybridized carbons (Fsp3) is 0.667. The van der Waals surface area contributed by atoms with Gasteiger partial charge in [0, 0.05) is 0 Å². The quantitative estimate of drug-likeness (QED) is 0.431. The van der Waals surface area contributed by atoms with Gasteiger partial charge in [-0.2, -0.15) is 4.91 Å². The maximum atomic E-state index is 10.0. The lowest BCUT2D eigenvalue weighted by molar-refractivity contribution is 0.258. The van der Waals surface area contributed by atoms with Crippen LogP contribution in [0.2, 0.25) is 0 Å². The van der Waals surface area contributed by atoms with E-state index in [1.54, 1.807) is 19.1 Å². The van der Waals surface area contributed by atoms with Crippen molar-refractivity contribution in [2.75, 3.05) is 6.61 Å². The Hall–Kier alpha value is -0.740. The van der Waals surface area contributed by atoms with Crippen molar-refractivity contribution in [1.82, 2.24) is 0 Å². The van der Waals surface area contributed by atoms with Gasteiger partial charge in [-0.05, 0) is 6.92 Å². The summed E-state index contributed by atoms with van der Waals surface area (Å²) in [4.78, 5) is 10.0. The predicted molar refractivity (Wildman–Crippen MR) is 39.5 cm³/mol. The van der Waals surface area contributed by atoms with E-state index in [9.17, 15) is 4.91 Å². The number of nitroso groups, excluding NO2 is 1. The van der Waals surface area contributed by atoms with Crippen LogP contribution in [0.5, 0.6) is 0 Å². The molecule has 0 bridgehead atoms. The van der Waals surface area contributed by atoms with Crippen LogP contribution >= 0.6 is 0 Å². The highest BCUT2D eigenvalue weighted by atomic mass is 16.3. The summed E-state index contributed by atoms with van der Waals surface area (Å²) < 4.78 is 0. The molecule has 58 valence electrons. The summed E-state index contributed by atoms with van der Waals surface area (Å²) in [6.07, 6.45) is 3.25. The van der Waals surface area contributed by atoms with Crippen molar-refractivity contribution in [2.45, 2.75) is 19.0 Å². The van der Waals surface area contributed by atoms with Gasteiger partial charge < -0.3 is 10.8 Å². The van der Waals surface area contributed by atoms with Crippen molar-refractivity contribution >= 4 is 0 Å². The second-order valence-corrected chi connectivity index (χ2v) is 1.97. The fourth-order valence-corrected chi connectivity index (χ4v) is 0.561. The smallest absolute Gasteiger partial charge is 0.127 e. The minimum Gasteiger partial charge on any atom is -0.395 e. The monoisotopic (exact) mass is 144 g/mol. The van der Waals surface area contributed by atoms with Gasteiger partial charge in [-0.15, -0.1) is 0 Å². The molecule has 3 N–H and O–H groups in total. The molecule has 0 aromatic carbocycles. The number of hydrogen-bond donors (Lipinski definition) is 2. The SMILES string of the molecule is C/C=C/C(N=O)[C@H](N)CO. The molecule has 0 saturated heterocycles. The van der Waals surface area contributed by atoms with Crippen LogP contribution in [-0.4, -0.2) is 23.8 Å². The molecule has 0 rings (SSSR count). The Morgan fingerprint density at radius 1 is 1.80 bits per heavy atom. The molecule has 0 aromatic heterocycles. The van der Waals surface area contributed by atoms with Crippen molar-refractivity contribution in [1.29, 1.82) is 0 Å². The molecule has 0 saturated carbocycles. The Balaban J connectivity index is 3.92. The molecule has 0 amide bonds. The maximum absolute atomic E-state index is 10.0. The van der Waals surface area contributed by atoms with Crippen LogP contribution in [0.4, 0.5) is 0 Å². The van der Waals surface area contributed by atoms with E-state index >= 15 is 0 Å². The topological polar surface area (TPSA) is 75.7 Å². The summed E-state index contributed by atoms with van der Waals surface area (Å²) in [6.45, 7) is 1.54. The maximum Gasteiger partial charge on any atom is 0.127 e. The van der Waals surface area contributed by atoms with E-state index in [1.807, 2.05) is 0 Å². The summed E-state index contributed by atoms with van der Waals surface area (Å²) in [5.74, 6) is 0. The minimum absolute atomic E-state index is 0.221. The molecule has 4 heteroatoms. The number of aliphatic hydroxyl groups is 1. The molecule has 0 aromatic rings. The molecule has 0 spiro atoms. The van der Waals surface area contributed by atoms with E-state index in [1.165, 1.54) is 0 Å². The minimum atomic E-state index is -0.602. The average molecular weight is 144 g/mol. The Bertz CT molecular complexity index is 125. The summed E-state index contributed by atoms with van der Waals surface area (Å²) >= 11 is 0. The second kappa shape index (κ2) is 5.08. The third kappa shape index (κ3) is 2.70. The predicted octanol–water partition coefficient (Wildman–Crippen LogP) is 0.0171. The van der Waals surface area contributed by atoms with E-state index in [0.29, 0.717) is 0 Å². The van der Waals surface area contributed by atoms with Crippen LogP contribution in [0.25, 0.3) is 0 Å². The fourth-order valence-electron chi connectivity index (χ4n) is 0.561. The third-order valence-electron chi connectivity index (χ3n) is 1.16. The van der Waals surface area contributed by atoms with E-state index < -0.39 is 12.1 Å². The van der Waals surface area contributed by atoms with Gasteiger partial charge in [-0.25, -0.2) is 0 Å². The van der Waals surface area contributed by atoms with E-state index in [-0.39, 0.29) is 6.61 Å². The molecule has 0 fully saturated rings. The van der Waals surface area contributed by atoms with Crippen molar-refractivity contribution in [3.63, 3.8) is 0 Å². The highest BCUT2D eigenvalue weighted by molar-refractivity contribution is 4.96. The highest BCUT2D eigenvalue weighted by Gasteiger charge is 2.12. The average Bonchev–Trinajstić information content (AvgIpc) is 1.99. The molecule has 4 nitrogen and oxygen atoms in total. The summed E-state index contributed by atoms with van der Waals surface area (Å²) in [5.41, 5.74) is 5.32. The standard InChI is InChI=1S/C6H12N2O2/c1-2-3-6(8-10)5(7)4-9/h2-3,5-6,9H,4,7H2,1H3/b3-2+/t5-,6?/m1/s1. The number of hydrogen-bond acceptors (Lipinski definition) is 4. The second-order valence-electron chi connectivity index (χ2n) is 1.97. The molecule has 0 aliphatic carbocycles. The molecule has 0 aliphatic rings. The summed E-state index contributed by atoms with van der Waals surface area (Å²) in [5, 5.41) is 11.2. The first-order valence-electron chi connectivity index (χ1n) is 3.08. The zero-order valence-corrected chi connectivity index (χ0v) is 5.90. The first-order chi connectivity index (χ1) is 4.76. The van der Waals surface area contributed by atoms with Gasteiger partial charge in [-0.3, -0.25) is 0 Å². The van der Waals surface area contributed by atoms with Gasteiger partial charge in [0.25, 0.3) is 0 Å². The molecular weight excluding hydrogens is 132 g/mol. The number of rotatable bonds is 4. The number of aliphatic hydroxyl groups excluding tert-OH is 1. The summed E-state index contributed by atoms with van der Waals surface area (Å²) in [6, 6.07) is -1.18. The number of allylic oxidation sites excluding steroid dienone is 1. The Kier molecular flexibility index (Phi) is 4.70. The van der Waals surface area contributed by atoms with Gasteiger partial charge in [-0.1, -0.05) is 17.3 Å². The Morgan fingerprint density at radius 2 is 2.40 bits per heavy atom. The van der Waals surface area contributed by atoms with Gasteiger partial charge >= 0.3 is 0 Å². The van der Waals surface area contributed by atoms with Gasteiger partial charge in [0.05, 0.1) is 12.6 Å². The normalized spacial score (nSPS) is 17.1. The van der Waals surface area contributed by atoms with Crippen LogP contribution in [0, 0.1) is 4.91 Å². The zero-order chi connectivity index (χ0) is 7.98. The third-order valence-corrected chi connectivity index (χ3v) is 1.16. The molecule has 0 aliphatic heterocycles. The van der Waals surface area contributed by atoms with Crippen LogP contribution in [0.1, 0.15) is 6.92 Å². The summed E-state index contributed by atoms with van der Waals surface area (Å²) in [7, 11) is 0. The van der Waals surface area contributed by atoms with E-state index in [0.717, 1.165) is 0 Å². The first-order valence-corrected chi connectivity index (χ1v) is 3.08. The van der Waals surface area contributed by atoms with Crippen LogP contribution in [0.15, 0.2) is 17.3 Å². The molecule has 2 atom stereocenters. The van der Waals surface area contributed by atoms with Crippen molar-refractivity contribution in [3.8, 4) is 0 Å². The van der Waals surface area contributed by atoms with Gasteiger partial charge in [0.2, 0.25) is 0 Å². The first kappa shape index (κ1) is 9.26. The lowest BCUT2D eigenvalue weighted by atomic mass is 10.1. The van der Waals surface area contributed by atoms with Crippen LogP contribution < -0.4 is 5.73 Å². The molecule has 10 heavy (non-hydrogen) atoms. The Morgan fingerprint density at radius 3 is 2.70 bits per heavy atom. The number of nitrogens with zero attached hydrogens (tertiary/aromatic N) is 1. The lowest BCUT2D eigenvalue weighted by Gasteiger charge is -2.09. The molecule has 0 radical (unpaired) electrons. The van der Waals surface area contributed by atoms with Gasteiger partial charge in [0.1, 0.15) is 6.04 Å². The zero-order valence-electron chi connectivity index (χ0n) is 5.90. The van der Waals surface area contributed by atoms with Crippen LogP contribution in [0.3, 0.4) is 0 Å². The largest absolute Gasteiger partial charge is 0.395 e. The molecular formula is C6H12N2O2. The molecule has 1 unspecified atom stereocenters. The van der Waals surface area contributed by atoms with Crippen molar-refractivity contribution in [2.24, 2.45) is 10.9 Å². The van der Waals surface area contributed by atoms with Gasteiger partial charge in [0.15, 0.2) is 0 Å². The Labute approximate surface area is 59.7 Å². The van der Waals surface area contributed by atoms with Crippen molar-refractivity contribution < 1.29 is 5.11 Å². The molecule has 0 heterocycles. The lowest BCUT2D eigenvalue weighted by Crippen LogP contribution is -2.35. The van der Waals surface area contributed by atoms with E-state index in [2.05, 4.69) is 5.18 Å². The number of nitrogens with two attached hydrogens (primary N) is 1. The highest BCUT2D eigenvalue weighted by Crippen LogP contribution is 1.97. The van der Waals surface area contributed by atoms with Crippen LogP contribution in [-0.2, 0) is 0 Å².